The van der Waals surface area contributed by atoms with Gasteiger partial charge in [0, 0.05) is 12.3 Å². The highest BCUT2D eigenvalue weighted by Gasteiger charge is 2.16. The van der Waals surface area contributed by atoms with E-state index in [2.05, 4.69) is 4.98 Å². The highest BCUT2D eigenvalue weighted by molar-refractivity contribution is 7.15. The maximum Gasteiger partial charge on any atom is 0.295 e. The number of nitro benzene ring substituents is 1. The zero-order valence-electron chi connectivity index (χ0n) is 10.6. The van der Waals surface area contributed by atoms with Crippen LogP contribution in [0.5, 0.6) is 10.8 Å². The molecule has 0 atom stereocenters. The molecule has 0 spiro atoms. The molecule has 0 fully saturated rings. The molecule has 0 aliphatic heterocycles. The number of carbonyl (C=O) groups is 1. The van der Waals surface area contributed by atoms with Crippen LogP contribution in [-0.4, -0.2) is 16.2 Å². The number of pyridine rings is 1. The minimum atomic E-state index is -0.477. The summed E-state index contributed by atoms with van der Waals surface area (Å²) >= 11 is 1.20. The summed E-state index contributed by atoms with van der Waals surface area (Å²) in [5.74, 6) is 0.461. The number of fused-ring (bicyclic) bond motifs is 1. The maximum atomic E-state index is 11.0. The van der Waals surface area contributed by atoms with Crippen LogP contribution in [0.1, 0.15) is 9.67 Å². The molecule has 0 bridgehead atoms. The lowest BCUT2D eigenvalue weighted by atomic mass is 10.2. The topological polar surface area (TPSA) is 82.3 Å². The molecule has 1 aromatic carbocycles. The van der Waals surface area contributed by atoms with Gasteiger partial charge in [-0.05, 0) is 30.3 Å². The Labute approximate surface area is 122 Å². The molecule has 0 aliphatic rings. The average Bonchev–Trinajstić information content (AvgIpc) is 2.95. The lowest BCUT2D eigenvalue weighted by molar-refractivity contribution is -0.383. The second kappa shape index (κ2) is 5.29. The highest BCUT2D eigenvalue weighted by Crippen LogP contribution is 2.36. The minimum Gasteiger partial charge on any atom is -0.446 e. The average molecular weight is 300 g/mol. The van der Waals surface area contributed by atoms with E-state index in [0.29, 0.717) is 21.1 Å². The van der Waals surface area contributed by atoms with Crippen LogP contribution in [0.15, 0.2) is 42.6 Å². The summed E-state index contributed by atoms with van der Waals surface area (Å²) in [4.78, 5) is 25.8. The predicted octanol–water partition coefficient (Wildman–Crippen LogP) is 3.81. The zero-order chi connectivity index (χ0) is 14.8. The Kier molecular flexibility index (Phi) is 3.33. The normalized spacial score (nSPS) is 10.5. The molecular weight excluding hydrogens is 292 g/mol. The van der Waals surface area contributed by atoms with Gasteiger partial charge in [-0.25, -0.2) is 4.98 Å². The second-order valence-electron chi connectivity index (χ2n) is 4.12. The molecule has 7 heteroatoms. The fraction of sp³-hybridized carbons (Fsp3) is 0. The molecule has 0 unspecified atom stereocenters. The number of aromatic nitrogens is 1. The second-order valence-corrected chi connectivity index (χ2v) is 5.19. The van der Waals surface area contributed by atoms with Crippen molar-refractivity contribution in [3.05, 3.63) is 57.6 Å². The third-order valence-corrected chi connectivity index (χ3v) is 3.72. The van der Waals surface area contributed by atoms with Crippen molar-refractivity contribution in [2.45, 2.75) is 0 Å². The van der Waals surface area contributed by atoms with Crippen LogP contribution in [0.2, 0.25) is 0 Å². The quantitative estimate of drug-likeness (QED) is 0.415. The Bertz CT molecular complexity index is 844. The number of rotatable bonds is 4. The molecule has 6 nitrogen and oxygen atoms in total. The molecule has 0 saturated carbocycles. The van der Waals surface area contributed by atoms with Gasteiger partial charge >= 0.3 is 0 Å². The fourth-order valence-electron chi connectivity index (χ4n) is 1.93. The van der Waals surface area contributed by atoms with Gasteiger partial charge in [0.2, 0.25) is 0 Å². The number of thiophene rings is 1. The SMILES string of the molecule is O=Cc1ccc(Oc2ccc([N+](=O)[O-])c3ncccc23)s1. The van der Waals surface area contributed by atoms with Crippen molar-refractivity contribution < 1.29 is 14.5 Å². The van der Waals surface area contributed by atoms with Crippen LogP contribution in [0, 0.1) is 10.1 Å². The van der Waals surface area contributed by atoms with Crippen LogP contribution in [0.3, 0.4) is 0 Å². The van der Waals surface area contributed by atoms with Crippen molar-refractivity contribution in [3.8, 4) is 10.8 Å². The summed E-state index contributed by atoms with van der Waals surface area (Å²) in [5.41, 5.74) is 0.199. The van der Waals surface area contributed by atoms with E-state index in [9.17, 15) is 14.9 Å². The lowest BCUT2D eigenvalue weighted by Gasteiger charge is -2.06. The van der Waals surface area contributed by atoms with E-state index in [1.165, 1.54) is 29.7 Å². The Hall–Kier alpha value is -2.80. The highest BCUT2D eigenvalue weighted by atomic mass is 32.1. The monoisotopic (exact) mass is 300 g/mol. The molecule has 21 heavy (non-hydrogen) atoms. The number of ether oxygens (including phenoxy) is 1. The van der Waals surface area contributed by atoms with Crippen LogP contribution in [0.4, 0.5) is 5.69 Å². The number of aldehydes is 1. The summed E-state index contributed by atoms with van der Waals surface area (Å²) in [6.45, 7) is 0. The molecule has 2 heterocycles. The van der Waals surface area contributed by atoms with E-state index < -0.39 is 4.92 Å². The molecule has 2 aromatic heterocycles. The molecule has 3 aromatic rings. The molecule has 104 valence electrons. The van der Waals surface area contributed by atoms with Gasteiger partial charge in [0.25, 0.3) is 5.69 Å². The number of nitro groups is 1. The molecule has 0 radical (unpaired) electrons. The summed E-state index contributed by atoms with van der Waals surface area (Å²) in [6.07, 6.45) is 2.24. The number of benzene rings is 1. The van der Waals surface area contributed by atoms with Crippen LogP contribution < -0.4 is 4.74 Å². The smallest absolute Gasteiger partial charge is 0.295 e. The van der Waals surface area contributed by atoms with Gasteiger partial charge in [0.1, 0.15) is 5.75 Å². The maximum absolute atomic E-state index is 11.0. The zero-order valence-corrected chi connectivity index (χ0v) is 11.4. The summed E-state index contributed by atoms with van der Waals surface area (Å²) in [5, 5.41) is 12.1. The standard InChI is InChI=1S/C14H8N2O4S/c17-8-9-3-6-13(21-9)20-12-5-4-11(16(18)19)14-10(12)2-1-7-15-14/h1-8H. The molecule has 3 rings (SSSR count). The summed E-state index contributed by atoms with van der Waals surface area (Å²) < 4.78 is 5.71. The summed E-state index contributed by atoms with van der Waals surface area (Å²) in [7, 11) is 0. The van der Waals surface area contributed by atoms with Crippen molar-refractivity contribution in [2.75, 3.05) is 0 Å². The van der Waals surface area contributed by atoms with E-state index >= 15 is 0 Å². The predicted molar refractivity (Wildman–Crippen MR) is 78.2 cm³/mol. The van der Waals surface area contributed by atoms with Crippen molar-refractivity contribution in [1.82, 2.24) is 4.98 Å². The van der Waals surface area contributed by atoms with Crippen molar-refractivity contribution >= 4 is 34.2 Å². The minimum absolute atomic E-state index is 0.0716. The van der Waals surface area contributed by atoms with Crippen LogP contribution >= 0.6 is 11.3 Å². The van der Waals surface area contributed by atoms with Crippen LogP contribution in [-0.2, 0) is 0 Å². The molecule has 0 N–H and O–H groups in total. The molecule has 0 amide bonds. The van der Waals surface area contributed by atoms with Gasteiger partial charge in [0.15, 0.2) is 16.9 Å². The van der Waals surface area contributed by atoms with E-state index in [4.69, 9.17) is 4.74 Å². The molecule has 0 aliphatic carbocycles. The van der Waals surface area contributed by atoms with Gasteiger partial charge in [-0.2, -0.15) is 0 Å². The van der Waals surface area contributed by atoms with Gasteiger partial charge in [-0.1, -0.05) is 11.3 Å². The van der Waals surface area contributed by atoms with Gasteiger partial charge < -0.3 is 4.74 Å². The lowest BCUT2D eigenvalue weighted by Crippen LogP contribution is -1.93. The van der Waals surface area contributed by atoms with E-state index in [1.807, 2.05) is 0 Å². The van der Waals surface area contributed by atoms with Crippen LogP contribution in [0.25, 0.3) is 10.9 Å². The Morgan fingerprint density at radius 2 is 2.10 bits per heavy atom. The third kappa shape index (κ3) is 2.46. The first-order valence-electron chi connectivity index (χ1n) is 5.94. The largest absolute Gasteiger partial charge is 0.446 e. The van der Waals surface area contributed by atoms with E-state index in [-0.39, 0.29) is 11.2 Å². The Balaban J connectivity index is 2.09. The number of nitrogens with zero attached hydrogens (tertiary/aromatic N) is 2. The van der Waals surface area contributed by atoms with Gasteiger partial charge in [0.05, 0.1) is 15.2 Å². The van der Waals surface area contributed by atoms with Gasteiger partial charge in [-0.15, -0.1) is 0 Å². The first-order chi connectivity index (χ1) is 10.2. The Morgan fingerprint density at radius 1 is 1.24 bits per heavy atom. The van der Waals surface area contributed by atoms with Gasteiger partial charge in [-0.3, -0.25) is 14.9 Å². The van der Waals surface area contributed by atoms with Crippen molar-refractivity contribution in [2.24, 2.45) is 0 Å². The number of carbonyl (C=O) groups excluding carboxylic acids is 1. The number of non-ortho nitro benzene ring substituents is 1. The first-order valence-corrected chi connectivity index (χ1v) is 6.75. The number of hydrogen-bond donors (Lipinski definition) is 0. The third-order valence-electron chi connectivity index (χ3n) is 2.83. The fourth-order valence-corrected chi connectivity index (χ4v) is 2.61. The Morgan fingerprint density at radius 3 is 2.81 bits per heavy atom. The van der Waals surface area contributed by atoms with Crippen molar-refractivity contribution in [3.63, 3.8) is 0 Å². The molecular formula is C14H8N2O4S. The summed E-state index contributed by atoms with van der Waals surface area (Å²) in [6, 6.07) is 9.61. The van der Waals surface area contributed by atoms with Crippen molar-refractivity contribution in [1.29, 1.82) is 0 Å². The molecule has 0 saturated heterocycles. The first kappa shape index (κ1) is 13.2. The number of hydrogen-bond acceptors (Lipinski definition) is 6. The van der Waals surface area contributed by atoms with E-state index in [0.717, 1.165) is 6.29 Å². The van der Waals surface area contributed by atoms with E-state index in [1.54, 1.807) is 24.3 Å².